The maximum Gasteiger partial charge on any atom is 0.415 e. The Labute approximate surface area is 107 Å². The van der Waals surface area contributed by atoms with Gasteiger partial charge in [-0.15, -0.1) is 0 Å². The molecule has 0 saturated carbocycles. The fraction of sp³-hybridized carbons (Fsp3) is 0.182. The van der Waals surface area contributed by atoms with Gasteiger partial charge in [-0.3, -0.25) is 4.90 Å². The molecule has 0 bridgehead atoms. The number of hydrogen-bond acceptors (Lipinski definition) is 5. The predicted molar refractivity (Wildman–Crippen MR) is 64.2 cm³/mol. The molecule has 1 aromatic carbocycles. The van der Waals surface area contributed by atoms with E-state index in [0.717, 1.165) is 0 Å². The molecule has 0 radical (unpaired) electrons. The first-order valence-electron chi connectivity index (χ1n) is 5.32. The molecule has 4 N–H and O–H groups in total. The lowest BCUT2D eigenvalue weighted by Crippen LogP contribution is -2.27. The fourth-order valence-corrected chi connectivity index (χ4v) is 1.67. The van der Waals surface area contributed by atoms with Gasteiger partial charge in [0.25, 0.3) is 0 Å². The molecule has 100 valence electrons. The first-order chi connectivity index (χ1) is 9.02. The Morgan fingerprint density at radius 3 is 2.53 bits per heavy atom. The molecule has 1 aliphatic heterocycles. The molecule has 2 rings (SSSR count). The van der Waals surface area contributed by atoms with Gasteiger partial charge in [0.2, 0.25) is 6.10 Å². The summed E-state index contributed by atoms with van der Waals surface area (Å²) in [7, 11) is 0. The number of benzene rings is 1. The van der Waals surface area contributed by atoms with E-state index in [0.29, 0.717) is 11.3 Å². The lowest BCUT2D eigenvalue weighted by molar-refractivity contribution is -0.144. The van der Waals surface area contributed by atoms with Crippen LogP contribution in [0.2, 0.25) is 0 Å². The second-order valence-corrected chi connectivity index (χ2v) is 3.85. The van der Waals surface area contributed by atoms with Gasteiger partial charge in [0, 0.05) is 11.3 Å². The summed E-state index contributed by atoms with van der Waals surface area (Å²) in [6.07, 6.45) is -1.89. The second-order valence-electron chi connectivity index (χ2n) is 3.85. The Bertz CT molecular complexity index is 540. The van der Waals surface area contributed by atoms with Crippen molar-refractivity contribution in [3.63, 3.8) is 0 Å². The van der Waals surface area contributed by atoms with Crippen molar-refractivity contribution in [2.45, 2.75) is 6.10 Å². The molecule has 0 spiro atoms. The first kappa shape index (κ1) is 12.7. The molecule has 1 unspecified atom stereocenters. The Morgan fingerprint density at radius 2 is 2.05 bits per heavy atom. The van der Waals surface area contributed by atoms with Gasteiger partial charge < -0.3 is 20.8 Å². The lowest BCUT2D eigenvalue weighted by Gasteiger charge is -2.12. The van der Waals surface area contributed by atoms with Crippen LogP contribution in [-0.4, -0.2) is 40.9 Å². The van der Waals surface area contributed by atoms with Crippen LogP contribution in [0.5, 0.6) is 0 Å². The summed E-state index contributed by atoms with van der Waals surface area (Å²) in [6, 6.07) is 6.20. The molecular weight excluding hydrogens is 254 g/mol. The summed E-state index contributed by atoms with van der Waals surface area (Å²) in [5, 5.41) is 20.1. The number of nitrogens with two attached hydrogens (primary N) is 1. The van der Waals surface area contributed by atoms with Gasteiger partial charge in [-0.2, -0.15) is 0 Å². The van der Waals surface area contributed by atoms with Crippen LogP contribution in [0.3, 0.4) is 0 Å². The van der Waals surface area contributed by atoms with E-state index in [9.17, 15) is 9.59 Å². The van der Waals surface area contributed by atoms with Crippen molar-refractivity contribution in [1.82, 2.24) is 0 Å². The maximum atomic E-state index is 11.5. The average Bonchev–Trinajstić information content (AvgIpc) is 2.80. The van der Waals surface area contributed by atoms with E-state index < -0.39 is 18.2 Å². The Hall–Kier alpha value is -2.77. The van der Waals surface area contributed by atoms with E-state index in [4.69, 9.17) is 16.0 Å². The number of amides is 1. The smallest absolute Gasteiger partial charge is 0.415 e. The number of rotatable bonds is 3. The number of aliphatic carboxylic acids is 1. The fourth-order valence-electron chi connectivity index (χ4n) is 1.67. The SMILES string of the molecule is NC(=NO)c1ccc(N2CC(C(=O)O)OC2=O)cc1. The van der Waals surface area contributed by atoms with Crippen LogP contribution in [0.4, 0.5) is 10.5 Å². The van der Waals surface area contributed by atoms with Gasteiger partial charge in [0.05, 0.1) is 6.54 Å². The molecule has 1 saturated heterocycles. The molecule has 1 aromatic rings. The Balaban J connectivity index is 2.19. The van der Waals surface area contributed by atoms with Crippen molar-refractivity contribution >= 4 is 23.6 Å². The summed E-state index contributed by atoms with van der Waals surface area (Å²) in [6.45, 7) is -0.0584. The Morgan fingerprint density at radius 1 is 1.42 bits per heavy atom. The van der Waals surface area contributed by atoms with Crippen molar-refractivity contribution in [3.05, 3.63) is 29.8 Å². The Kier molecular flexibility index (Phi) is 3.23. The molecule has 0 aliphatic carbocycles. The zero-order chi connectivity index (χ0) is 14.0. The third-order valence-electron chi connectivity index (χ3n) is 2.67. The van der Waals surface area contributed by atoms with E-state index in [-0.39, 0.29) is 12.4 Å². The molecular formula is C11H11N3O5. The lowest BCUT2D eigenvalue weighted by atomic mass is 10.2. The number of oxime groups is 1. The maximum absolute atomic E-state index is 11.5. The molecule has 1 amide bonds. The molecule has 1 aliphatic rings. The van der Waals surface area contributed by atoms with Crippen molar-refractivity contribution in [1.29, 1.82) is 0 Å². The summed E-state index contributed by atoms with van der Waals surface area (Å²) >= 11 is 0. The zero-order valence-corrected chi connectivity index (χ0v) is 9.68. The van der Waals surface area contributed by atoms with Gasteiger partial charge in [-0.25, -0.2) is 9.59 Å². The van der Waals surface area contributed by atoms with Crippen LogP contribution in [0, 0.1) is 0 Å². The van der Waals surface area contributed by atoms with Gasteiger partial charge in [-0.1, -0.05) is 5.16 Å². The summed E-state index contributed by atoms with van der Waals surface area (Å²) < 4.78 is 4.69. The number of amidine groups is 1. The van der Waals surface area contributed by atoms with Crippen LogP contribution in [-0.2, 0) is 9.53 Å². The number of carbonyl (C=O) groups excluding carboxylic acids is 1. The number of carboxylic acid groups (broad SMARTS) is 1. The number of carbonyl (C=O) groups is 2. The van der Waals surface area contributed by atoms with E-state index in [2.05, 4.69) is 9.89 Å². The summed E-state index contributed by atoms with van der Waals surface area (Å²) in [5.74, 6) is -1.25. The van der Waals surface area contributed by atoms with Crippen molar-refractivity contribution < 1.29 is 24.6 Å². The van der Waals surface area contributed by atoms with E-state index in [1.807, 2.05) is 0 Å². The number of ether oxygens (including phenoxy) is 1. The molecule has 1 heterocycles. The largest absolute Gasteiger partial charge is 0.478 e. The first-order valence-corrected chi connectivity index (χ1v) is 5.32. The zero-order valence-electron chi connectivity index (χ0n) is 9.68. The van der Waals surface area contributed by atoms with Crippen molar-refractivity contribution in [2.24, 2.45) is 10.9 Å². The summed E-state index contributed by atoms with van der Waals surface area (Å²) in [4.78, 5) is 23.5. The molecule has 1 fully saturated rings. The van der Waals surface area contributed by atoms with Gasteiger partial charge in [-0.05, 0) is 24.3 Å². The number of cyclic esters (lactones) is 1. The minimum atomic E-state index is -1.19. The highest BCUT2D eigenvalue weighted by molar-refractivity contribution is 5.98. The molecule has 19 heavy (non-hydrogen) atoms. The minimum absolute atomic E-state index is 0.0565. The average molecular weight is 265 g/mol. The number of carboxylic acids is 1. The predicted octanol–water partition coefficient (Wildman–Crippen LogP) is 0.191. The third-order valence-corrected chi connectivity index (χ3v) is 2.67. The molecule has 8 nitrogen and oxygen atoms in total. The van der Waals surface area contributed by atoms with Gasteiger partial charge in [0.15, 0.2) is 5.84 Å². The number of hydrogen-bond donors (Lipinski definition) is 3. The number of anilines is 1. The summed E-state index contributed by atoms with van der Waals surface area (Å²) in [5.41, 5.74) is 6.36. The third kappa shape index (κ3) is 2.41. The van der Waals surface area contributed by atoms with Crippen LogP contribution < -0.4 is 10.6 Å². The minimum Gasteiger partial charge on any atom is -0.478 e. The quantitative estimate of drug-likeness (QED) is 0.310. The highest BCUT2D eigenvalue weighted by Crippen LogP contribution is 2.22. The van der Waals surface area contributed by atoms with Crippen LogP contribution in [0.1, 0.15) is 5.56 Å². The standard InChI is InChI=1S/C11H11N3O5/c12-9(13-18)6-1-3-7(4-2-6)14-5-8(10(15)16)19-11(14)17/h1-4,8,18H,5H2,(H2,12,13)(H,15,16). The van der Waals surface area contributed by atoms with Crippen molar-refractivity contribution in [2.75, 3.05) is 11.4 Å². The van der Waals surface area contributed by atoms with E-state index in [1.54, 1.807) is 24.3 Å². The molecule has 0 aromatic heterocycles. The van der Waals surface area contributed by atoms with Crippen LogP contribution in [0.15, 0.2) is 29.4 Å². The van der Waals surface area contributed by atoms with Gasteiger partial charge >= 0.3 is 12.1 Å². The van der Waals surface area contributed by atoms with Gasteiger partial charge in [0.1, 0.15) is 0 Å². The van der Waals surface area contributed by atoms with Crippen LogP contribution >= 0.6 is 0 Å². The van der Waals surface area contributed by atoms with E-state index >= 15 is 0 Å². The molecule has 8 heteroatoms. The highest BCUT2D eigenvalue weighted by atomic mass is 16.6. The molecule has 1 atom stereocenters. The monoisotopic (exact) mass is 265 g/mol. The van der Waals surface area contributed by atoms with Crippen LogP contribution in [0.25, 0.3) is 0 Å². The topological polar surface area (TPSA) is 125 Å². The van der Waals surface area contributed by atoms with E-state index in [1.165, 1.54) is 4.90 Å². The highest BCUT2D eigenvalue weighted by Gasteiger charge is 2.36. The van der Waals surface area contributed by atoms with Crippen molar-refractivity contribution in [3.8, 4) is 0 Å². The second kappa shape index (κ2) is 4.84. The normalized spacial score (nSPS) is 19.4. The number of nitrogens with zero attached hydrogens (tertiary/aromatic N) is 2.